The molecule has 2 aliphatic rings. The van der Waals surface area contributed by atoms with Crippen LogP contribution in [0, 0.1) is 5.92 Å². The minimum absolute atomic E-state index is 0.223. The molecule has 2 heterocycles. The van der Waals surface area contributed by atoms with Crippen molar-refractivity contribution in [3.8, 4) is 0 Å². The van der Waals surface area contributed by atoms with E-state index in [4.69, 9.17) is 9.72 Å². The zero-order valence-electron chi connectivity index (χ0n) is 11.7. The summed E-state index contributed by atoms with van der Waals surface area (Å²) in [7, 11) is 1.84. The standard InChI is InChI=1S/C15H24N2OS/c1-18-14(11-6-3-2-4-7-11)15-17-13(10-19-15)12-8-5-9-16-12/h10-12,14,16H,2-9H2,1H3. The van der Waals surface area contributed by atoms with Gasteiger partial charge in [0.1, 0.15) is 11.1 Å². The van der Waals surface area contributed by atoms with Gasteiger partial charge in [0.15, 0.2) is 0 Å². The quantitative estimate of drug-likeness (QED) is 0.910. The molecule has 2 atom stereocenters. The minimum Gasteiger partial charge on any atom is -0.374 e. The van der Waals surface area contributed by atoms with Gasteiger partial charge >= 0.3 is 0 Å². The molecule has 2 unspecified atom stereocenters. The van der Waals surface area contributed by atoms with Gasteiger partial charge in [0.05, 0.1) is 11.7 Å². The highest BCUT2D eigenvalue weighted by molar-refractivity contribution is 7.09. The molecule has 1 aliphatic heterocycles. The van der Waals surface area contributed by atoms with E-state index in [-0.39, 0.29) is 6.10 Å². The van der Waals surface area contributed by atoms with Crippen LogP contribution in [0.4, 0.5) is 0 Å². The molecule has 1 aromatic rings. The van der Waals surface area contributed by atoms with Crippen molar-refractivity contribution in [3.05, 3.63) is 16.1 Å². The second kappa shape index (κ2) is 6.33. The molecule has 2 fully saturated rings. The molecule has 106 valence electrons. The predicted molar refractivity (Wildman–Crippen MR) is 78.4 cm³/mol. The van der Waals surface area contributed by atoms with Crippen LogP contribution in [0.5, 0.6) is 0 Å². The number of methoxy groups -OCH3 is 1. The van der Waals surface area contributed by atoms with Crippen LogP contribution in [0.2, 0.25) is 0 Å². The van der Waals surface area contributed by atoms with Gasteiger partial charge < -0.3 is 10.1 Å². The van der Waals surface area contributed by atoms with E-state index >= 15 is 0 Å². The SMILES string of the molecule is COC(c1nc(C2CCCN2)cs1)C1CCCCC1. The van der Waals surface area contributed by atoms with Crippen LogP contribution in [0.1, 0.15) is 67.8 Å². The van der Waals surface area contributed by atoms with Crippen molar-refractivity contribution in [1.82, 2.24) is 10.3 Å². The second-order valence-electron chi connectivity index (χ2n) is 5.81. The summed E-state index contributed by atoms with van der Waals surface area (Å²) in [5.41, 5.74) is 1.23. The van der Waals surface area contributed by atoms with E-state index in [0.717, 1.165) is 6.54 Å². The van der Waals surface area contributed by atoms with Gasteiger partial charge in [-0.15, -0.1) is 11.3 Å². The Kier molecular flexibility index (Phi) is 4.51. The average Bonchev–Trinajstić information content (AvgIpc) is 3.11. The molecule has 1 saturated heterocycles. The largest absolute Gasteiger partial charge is 0.374 e. The van der Waals surface area contributed by atoms with Gasteiger partial charge in [0, 0.05) is 12.5 Å². The molecule has 0 spiro atoms. The van der Waals surface area contributed by atoms with Crippen molar-refractivity contribution in [3.63, 3.8) is 0 Å². The highest BCUT2D eigenvalue weighted by Crippen LogP contribution is 2.38. The van der Waals surface area contributed by atoms with E-state index in [1.54, 1.807) is 11.3 Å². The van der Waals surface area contributed by atoms with E-state index in [9.17, 15) is 0 Å². The van der Waals surface area contributed by atoms with Gasteiger partial charge in [0.2, 0.25) is 0 Å². The van der Waals surface area contributed by atoms with E-state index in [2.05, 4.69) is 10.7 Å². The lowest BCUT2D eigenvalue weighted by atomic mass is 9.85. The highest BCUT2D eigenvalue weighted by atomic mass is 32.1. The van der Waals surface area contributed by atoms with Crippen LogP contribution in [0.15, 0.2) is 5.38 Å². The molecular formula is C15H24N2OS. The molecule has 0 amide bonds. The average molecular weight is 280 g/mol. The maximum absolute atomic E-state index is 5.78. The summed E-state index contributed by atoms with van der Waals surface area (Å²) in [6, 6.07) is 0.480. The van der Waals surface area contributed by atoms with E-state index in [1.807, 2.05) is 7.11 Å². The zero-order chi connectivity index (χ0) is 13.1. The lowest BCUT2D eigenvalue weighted by molar-refractivity contribution is 0.0351. The molecule has 3 rings (SSSR count). The van der Waals surface area contributed by atoms with Gasteiger partial charge in [-0.25, -0.2) is 4.98 Å². The third-order valence-electron chi connectivity index (χ3n) is 4.53. The molecule has 0 radical (unpaired) electrons. The number of hydrogen-bond donors (Lipinski definition) is 1. The van der Waals surface area contributed by atoms with Crippen molar-refractivity contribution in [2.24, 2.45) is 5.92 Å². The maximum Gasteiger partial charge on any atom is 0.122 e. The van der Waals surface area contributed by atoms with Gasteiger partial charge in [-0.1, -0.05) is 19.3 Å². The molecule has 0 aromatic carbocycles. The summed E-state index contributed by atoms with van der Waals surface area (Å²) in [4.78, 5) is 4.87. The summed E-state index contributed by atoms with van der Waals surface area (Å²) in [6.45, 7) is 1.13. The minimum atomic E-state index is 0.223. The van der Waals surface area contributed by atoms with Crippen LogP contribution in [-0.2, 0) is 4.74 Å². The molecule has 3 nitrogen and oxygen atoms in total. The van der Waals surface area contributed by atoms with Crippen LogP contribution in [-0.4, -0.2) is 18.6 Å². The van der Waals surface area contributed by atoms with Gasteiger partial charge in [-0.2, -0.15) is 0 Å². The first-order valence-corrected chi connectivity index (χ1v) is 8.48. The lowest BCUT2D eigenvalue weighted by Crippen LogP contribution is -2.18. The molecule has 0 bridgehead atoms. The molecule has 1 aliphatic carbocycles. The van der Waals surface area contributed by atoms with Crippen molar-refractivity contribution in [1.29, 1.82) is 0 Å². The molecular weight excluding hydrogens is 256 g/mol. The van der Waals surface area contributed by atoms with Crippen molar-refractivity contribution >= 4 is 11.3 Å². The highest BCUT2D eigenvalue weighted by Gasteiger charge is 2.28. The summed E-state index contributed by atoms with van der Waals surface area (Å²) >= 11 is 1.79. The Bertz CT molecular complexity index is 395. The second-order valence-corrected chi connectivity index (χ2v) is 6.70. The first-order valence-electron chi connectivity index (χ1n) is 7.60. The van der Waals surface area contributed by atoms with Crippen LogP contribution >= 0.6 is 11.3 Å². The van der Waals surface area contributed by atoms with Crippen molar-refractivity contribution in [2.45, 2.75) is 57.1 Å². The Balaban J connectivity index is 1.71. The number of ether oxygens (including phenoxy) is 1. The van der Waals surface area contributed by atoms with E-state index in [0.29, 0.717) is 12.0 Å². The Hall–Kier alpha value is -0.450. The van der Waals surface area contributed by atoms with Crippen LogP contribution < -0.4 is 5.32 Å². The summed E-state index contributed by atoms with van der Waals surface area (Å²) in [5, 5.41) is 6.95. The lowest BCUT2D eigenvalue weighted by Gasteiger charge is -2.27. The Labute approximate surface area is 119 Å². The first kappa shape index (κ1) is 13.5. The molecule has 1 N–H and O–H groups in total. The monoisotopic (exact) mass is 280 g/mol. The third kappa shape index (κ3) is 3.01. The van der Waals surface area contributed by atoms with Crippen LogP contribution in [0.3, 0.4) is 0 Å². The molecule has 1 aromatic heterocycles. The van der Waals surface area contributed by atoms with Crippen LogP contribution in [0.25, 0.3) is 0 Å². The number of rotatable bonds is 4. The van der Waals surface area contributed by atoms with Gasteiger partial charge in [-0.3, -0.25) is 0 Å². The fourth-order valence-corrected chi connectivity index (χ4v) is 4.50. The van der Waals surface area contributed by atoms with Gasteiger partial charge in [-0.05, 0) is 38.1 Å². The molecule has 1 saturated carbocycles. The summed E-state index contributed by atoms with van der Waals surface area (Å²) in [5.74, 6) is 0.675. The number of thiazole rings is 1. The fraction of sp³-hybridized carbons (Fsp3) is 0.800. The van der Waals surface area contributed by atoms with E-state index < -0.39 is 0 Å². The molecule has 4 heteroatoms. The predicted octanol–water partition coefficient (Wildman–Crippen LogP) is 3.84. The van der Waals surface area contributed by atoms with E-state index in [1.165, 1.54) is 55.6 Å². The third-order valence-corrected chi connectivity index (χ3v) is 5.46. The summed E-state index contributed by atoms with van der Waals surface area (Å²) < 4.78 is 5.78. The zero-order valence-corrected chi connectivity index (χ0v) is 12.5. The maximum atomic E-state index is 5.78. The Morgan fingerprint density at radius 1 is 1.26 bits per heavy atom. The number of hydrogen-bond acceptors (Lipinski definition) is 4. The number of nitrogens with one attached hydrogen (secondary N) is 1. The Morgan fingerprint density at radius 2 is 2.11 bits per heavy atom. The number of nitrogens with zero attached hydrogens (tertiary/aromatic N) is 1. The Morgan fingerprint density at radius 3 is 2.79 bits per heavy atom. The summed E-state index contributed by atoms with van der Waals surface area (Å²) in [6.07, 6.45) is 9.42. The smallest absolute Gasteiger partial charge is 0.122 e. The normalized spacial score (nSPS) is 26.7. The number of aromatic nitrogens is 1. The van der Waals surface area contributed by atoms with Crippen molar-refractivity contribution in [2.75, 3.05) is 13.7 Å². The van der Waals surface area contributed by atoms with Gasteiger partial charge in [0.25, 0.3) is 0 Å². The fourth-order valence-electron chi connectivity index (χ4n) is 3.46. The first-order chi connectivity index (χ1) is 9.38. The molecule has 19 heavy (non-hydrogen) atoms. The topological polar surface area (TPSA) is 34.1 Å². The van der Waals surface area contributed by atoms with Crippen molar-refractivity contribution < 1.29 is 4.74 Å².